The summed E-state index contributed by atoms with van der Waals surface area (Å²) in [6, 6.07) is 0. The van der Waals surface area contributed by atoms with E-state index in [2.05, 4.69) is 118 Å². The Hall–Kier alpha value is -4.88. The van der Waals surface area contributed by atoms with Crippen LogP contribution in [-0.4, -0.2) is 89.2 Å². The van der Waals surface area contributed by atoms with Gasteiger partial charge in [0.25, 0.3) is 0 Å². The van der Waals surface area contributed by atoms with Crippen molar-refractivity contribution in [2.45, 2.75) is 276 Å². The summed E-state index contributed by atoms with van der Waals surface area (Å²) in [5.41, 5.74) is 0. The van der Waals surface area contributed by atoms with Gasteiger partial charge in [0.2, 0.25) is 0 Å². The van der Waals surface area contributed by atoms with Gasteiger partial charge in [-0.05, 0) is 109 Å². The lowest BCUT2D eigenvalue weighted by Gasteiger charge is -2.40. The molecule has 3 N–H and O–H groups in total. The number of aliphatic carboxylic acids is 1. The van der Waals surface area contributed by atoms with Crippen LogP contribution >= 0.6 is 0 Å². The molecular formula is C69H110O12. The highest BCUT2D eigenvalue weighted by Crippen LogP contribution is 2.26. The van der Waals surface area contributed by atoms with E-state index in [-0.39, 0.29) is 25.9 Å². The van der Waals surface area contributed by atoms with Crippen molar-refractivity contribution in [2.24, 2.45) is 0 Å². The number of esters is 3. The molecule has 1 aliphatic heterocycles. The number of rotatable bonds is 52. The van der Waals surface area contributed by atoms with Crippen LogP contribution in [0.25, 0.3) is 0 Å². The molecule has 0 amide bonds. The Kier molecular flexibility index (Phi) is 50.9. The standard InChI is InChI=1S/C69H110O12/c1-4-7-10-13-16-19-22-25-28-30-31-33-35-37-40-43-46-49-52-55-61(70)77-58-60(79-62(71)56-53-50-47-44-41-39-36-32-29-26-23-20-17-14-11-8-5-2)59-78-69-67(65(74)64(73)66(81-69)68(75)76)80-63(72)57-54-51-48-45-42-38-34-27-24-21-18-15-12-9-6-3/h8-9,11-12,16-21,25-29,34,42,45,51,54,60,64-67,69,73-74H,4-7,10,13-15,22-24,30-33,35-41,43-44,46-50,52-53,55-59H2,1-3H3,(H,75,76)/b11-8-,12-9-,19-16-,20-17-,21-18-,28-25-,29-26-,34-27-,45-42-,54-51-. The average molecular weight is 1130 g/mol. The number of ether oxygens (including phenoxy) is 5. The number of carbonyl (C=O) groups is 4. The van der Waals surface area contributed by atoms with Gasteiger partial charge in [0.05, 0.1) is 13.0 Å². The Balaban J connectivity index is 2.72. The predicted molar refractivity (Wildman–Crippen MR) is 330 cm³/mol. The number of carboxylic acids is 1. The van der Waals surface area contributed by atoms with Crippen LogP contribution in [0.2, 0.25) is 0 Å². The van der Waals surface area contributed by atoms with Crippen LogP contribution in [0.3, 0.4) is 0 Å². The summed E-state index contributed by atoms with van der Waals surface area (Å²) in [5.74, 6) is -3.31. The van der Waals surface area contributed by atoms with E-state index < -0.39 is 67.3 Å². The lowest BCUT2D eigenvalue weighted by atomic mass is 9.98. The molecule has 1 saturated heterocycles. The number of hydrogen-bond acceptors (Lipinski definition) is 11. The minimum absolute atomic E-state index is 0.134. The van der Waals surface area contributed by atoms with Crippen molar-refractivity contribution in [1.29, 1.82) is 0 Å². The van der Waals surface area contributed by atoms with Crippen molar-refractivity contribution >= 4 is 23.9 Å². The molecule has 1 rings (SSSR count). The zero-order valence-corrected chi connectivity index (χ0v) is 50.5. The fourth-order valence-electron chi connectivity index (χ4n) is 8.78. The van der Waals surface area contributed by atoms with Crippen molar-refractivity contribution in [2.75, 3.05) is 13.2 Å². The maximum atomic E-state index is 13.2. The Morgan fingerprint density at radius 2 is 0.815 bits per heavy atom. The first-order chi connectivity index (χ1) is 39.6. The smallest absolute Gasteiger partial charge is 0.335 e. The zero-order valence-electron chi connectivity index (χ0n) is 50.5. The molecule has 0 aliphatic carbocycles. The van der Waals surface area contributed by atoms with E-state index in [1.165, 1.54) is 57.8 Å². The molecule has 1 fully saturated rings. The summed E-state index contributed by atoms with van der Waals surface area (Å²) in [5, 5.41) is 31.5. The first kappa shape index (κ1) is 74.1. The molecule has 0 saturated carbocycles. The predicted octanol–water partition coefficient (Wildman–Crippen LogP) is 16.8. The summed E-state index contributed by atoms with van der Waals surface area (Å²) < 4.78 is 28.4. The Labute approximate surface area is 490 Å². The molecule has 0 bridgehead atoms. The molecule has 12 nitrogen and oxygen atoms in total. The van der Waals surface area contributed by atoms with E-state index in [1.54, 1.807) is 12.2 Å². The van der Waals surface area contributed by atoms with Crippen LogP contribution in [0.5, 0.6) is 0 Å². The van der Waals surface area contributed by atoms with Crippen LogP contribution in [0.4, 0.5) is 0 Å². The van der Waals surface area contributed by atoms with Crippen LogP contribution < -0.4 is 0 Å². The van der Waals surface area contributed by atoms with Gasteiger partial charge in [-0.1, -0.05) is 232 Å². The fraction of sp³-hybridized carbons (Fsp3) is 0.652. The van der Waals surface area contributed by atoms with E-state index in [4.69, 9.17) is 23.7 Å². The van der Waals surface area contributed by atoms with Crippen molar-refractivity contribution in [3.63, 3.8) is 0 Å². The van der Waals surface area contributed by atoms with Crippen molar-refractivity contribution in [1.82, 2.24) is 0 Å². The molecule has 0 spiro atoms. The lowest BCUT2D eigenvalue weighted by Crippen LogP contribution is -2.61. The molecule has 0 radical (unpaired) electrons. The van der Waals surface area contributed by atoms with E-state index in [0.29, 0.717) is 19.3 Å². The first-order valence-corrected chi connectivity index (χ1v) is 31.5. The largest absolute Gasteiger partial charge is 0.479 e. The molecule has 1 aliphatic rings. The summed E-state index contributed by atoms with van der Waals surface area (Å²) in [7, 11) is 0. The summed E-state index contributed by atoms with van der Waals surface area (Å²) in [6.07, 6.45) is 64.7. The molecule has 12 heteroatoms. The quantitative estimate of drug-likeness (QED) is 0.0228. The number of allylic oxidation sites excluding steroid dienone is 19. The first-order valence-electron chi connectivity index (χ1n) is 31.5. The van der Waals surface area contributed by atoms with Crippen LogP contribution in [0, 0.1) is 0 Å². The zero-order chi connectivity index (χ0) is 58.9. The molecule has 0 aromatic heterocycles. The maximum Gasteiger partial charge on any atom is 0.335 e. The molecule has 6 atom stereocenters. The van der Waals surface area contributed by atoms with E-state index in [0.717, 1.165) is 122 Å². The number of hydrogen-bond donors (Lipinski definition) is 3. The van der Waals surface area contributed by atoms with Crippen molar-refractivity contribution in [3.05, 3.63) is 122 Å². The van der Waals surface area contributed by atoms with Gasteiger partial charge in [0.1, 0.15) is 18.8 Å². The highest BCUT2D eigenvalue weighted by atomic mass is 16.7. The normalized spacial score (nSPS) is 18.6. The van der Waals surface area contributed by atoms with E-state index in [1.807, 2.05) is 12.2 Å². The summed E-state index contributed by atoms with van der Waals surface area (Å²) >= 11 is 0. The number of carboxylic acid groups (broad SMARTS) is 1. The average Bonchev–Trinajstić information content (AvgIpc) is 3.53. The van der Waals surface area contributed by atoms with Gasteiger partial charge in [-0.2, -0.15) is 0 Å². The lowest BCUT2D eigenvalue weighted by molar-refractivity contribution is -0.301. The molecule has 6 unspecified atom stereocenters. The van der Waals surface area contributed by atoms with Crippen LogP contribution in [-0.2, 0) is 42.9 Å². The maximum absolute atomic E-state index is 13.2. The van der Waals surface area contributed by atoms with Gasteiger partial charge in [-0.25, -0.2) is 4.79 Å². The third-order valence-electron chi connectivity index (χ3n) is 13.5. The fourth-order valence-corrected chi connectivity index (χ4v) is 8.78. The third-order valence-corrected chi connectivity index (χ3v) is 13.5. The Morgan fingerprint density at radius 1 is 0.432 bits per heavy atom. The minimum Gasteiger partial charge on any atom is -0.479 e. The molecule has 0 aromatic rings. The molecule has 0 aromatic carbocycles. The van der Waals surface area contributed by atoms with Crippen LogP contribution in [0.15, 0.2) is 122 Å². The number of aliphatic hydroxyl groups excluding tert-OH is 2. The Bertz CT molecular complexity index is 1870. The topological polar surface area (TPSA) is 175 Å². The minimum atomic E-state index is -1.94. The third kappa shape index (κ3) is 45.3. The molecule has 458 valence electrons. The molecule has 81 heavy (non-hydrogen) atoms. The highest BCUT2D eigenvalue weighted by Gasteiger charge is 2.50. The second-order valence-electron chi connectivity index (χ2n) is 20.9. The number of aliphatic hydroxyl groups is 2. The van der Waals surface area contributed by atoms with E-state index in [9.17, 15) is 34.5 Å². The van der Waals surface area contributed by atoms with Gasteiger partial charge in [-0.15, -0.1) is 0 Å². The SMILES string of the molecule is CC/C=C\C/C=C\C/C=C\C/C=C\C/C=C\CC(=O)OC1C(OCC(COC(=O)CCCCCCCCCCC/C=C\C/C=C\CCCCC)OC(=O)CCCCCCCCC/C=C\C/C=C\C/C=C\CC)OC(C(=O)O)C(O)C1O. The summed E-state index contributed by atoms with van der Waals surface area (Å²) in [4.78, 5) is 51.2. The Morgan fingerprint density at radius 3 is 1.25 bits per heavy atom. The second kappa shape index (κ2) is 55.6. The van der Waals surface area contributed by atoms with Crippen LogP contribution in [0.1, 0.15) is 239 Å². The number of carbonyl (C=O) groups excluding carboxylic acids is 3. The van der Waals surface area contributed by atoms with Gasteiger partial charge < -0.3 is 39.0 Å². The van der Waals surface area contributed by atoms with Gasteiger partial charge in [0.15, 0.2) is 24.6 Å². The van der Waals surface area contributed by atoms with Crippen molar-refractivity contribution in [3.8, 4) is 0 Å². The van der Waals surface area contributed by atoms with Gasteiger partial charge in [0, 0.05) is 12.8 Å². The summed E-state index contributed by atoms with van der Waals surface area (Å²) in [6.45, 7) is 5.70. The van der Waals surface area contributed by atoms with Gasteiger partial charge >= 0.3 is 23.9 Å². The van der Waals surface area contributed by atoms with Crippen molar-refractivity contribution < 1.29 is 58.2 Å². The van der Waals surface area contributed by atoms with E-state index >= 15 is 0 Å². The highest BCUT2D eigenvalue weighted by molar-refractivity contribution is 5.74. The molecule has 1 heterocycles. The monoisotopic (exact) mass is 1130 g/mol. The number of unbranched alkanes of at least 4 members (excludes halogenated alkanes) is 19. The molecular weight excluding hydrogens is 1020 g/mol. The second-order valence-corrected chi connectivity index (χ2v) is 20.9. The van der Waals surface area contributed by atoms with Gasteiger partial charge in [-0.3, -0.25) is 14.4 Å².